The third kappa shape index (κ3) is 4.87. The van der Waals surface area contributed by atoms with E-state index in [0.29, 0.717) is 6.61 Å². The second-order valence-electron chi connectivity index (χ2n) is 4.65. The van der Waals surface area contributed by atoms with Crippen molar-refractivity contribution in [3.8, 4) is 0 Å². The number of hydrogen-bond donors (Lipinski definition) is 0. The number of carbonyl (C=O) groups excluding carboxylic acids is 2. The molecule has 0 saturated carbocycles. The molecule has 1 rings (SSSR count). The molecule has 0 N–H and O–H groups in total. The lowest BCUT2D eigenvalue weighted by Crippen LogP contribution is -2.40. The standard InChI is InChI=1S/C14H21N3O3/c1-5-20-14(19)10-17(11(2)3)13(18)7-6-12-8-15-16(4)9-12/h6-9,11H,5,10H2,1-4H3/b7-6-. The van der Waals surface area contributed by atoms with Crippen LogP contribution in [-0.2, 0) is 21.4 Å². The lowest BCUT2D eigenvalue weighted by molar-refractivity contribution is -0.148. The van der Waals surface area contributed by atoms with Gasteiger partial charge in [0.05, 0.1) is 12.8 Å². The van der Waals surface area contributed by atoms with Gasteiger partial charge in [-0.25, -0.2) is 0 Å². The Kier molecular flexibility index (Phi) is 5.96. The molecule has 6 nitrogen and oxygen atoms in total. The van der Waals surface area contributed by atoms with Crippen molar-refractivity contribution in [3.05, 3.63) is 24.0 Å². The summed E-state index contributed by atoms with van der Waals surface area (Å²) < 4.78 is 6.52. The Morgan fingerprint density at radius 3 is 2.70 bits per heavy atom. The minimum atomic E-state index is -0.399. The van der Waals surface area contributed by atoms with Gasteiger partial charge in [0.1, 0.15) is 6.54 Å². The van der Waals surface area contributed by atoms with E-state index in [4.69, 9.17) is 4.74 Å². The van der Waals surface area contributed by atoms with E-state index in [9.17, 15) is 9.59 Å². The first-order valence-electron chi connectivity index (χ1n) is 6.57. The monoisotopic (exact) mass is 279 g/mol. The van der Waals surface area contributed by atoms with Gasteiger partial charge in [-0.05, 0) is 26.8 Å². The zero-order valence-electron chi connectivity index (χ0n) is 12.4. The van der Waals surface area contributed by atoms with Crippen LogP contribution in [0.15, 0.2) is 18.5 Å². The van der Waals surface area contributed by atoms with Crippen LogP contribution >= 0.6 is 0 Å². The summed E-state index contributed by atoms with van der Waals surface area (Å²) in [6.07, 6.45) is 6.58. The molecule has 0 spiro atoms. The van der Waals surface area contributed by atoms with Crippen LogP contribution in [0.25, 0.3) is 6.08 Å². The number of amides is 1. The van der Waals surface area contributed by atoms with E-state index in [2.05, 4.69) is 5.10 Å². The summed E-state index contributed by atoms with van der Waals surface area (Å²) in [7, 11) is 1.81. The molecule has 6 heteroatoms. The number of carbonyl (C=O) groups is 2. The Labute approximate surface area is 119 Å². The summed E-state index contributed by atoms with van der Waals surface area (Å²) in [5, 5.41) is 4.01. The smallest absolute Gasteiger partial charge is 0.325 e. The molecule has 1 amide bonds. The van der Waals surface area contributed by atoms with Crippen molar-refractivity contribution in [1.29, 1.82) is 0 Å². The van der Waals surface area contributed by atoms with E-state index in [1.807, 2.05) is 13.8 Å². The first-order valence-corrected chi connectivity index (χ1v) is 6.57. The van der Waals surface area contributed by atoms with E-state index < -0.39 is 5.97 Å². The molecule has 0 aliphatic heterocycles. The van der Waals surface area contributed by atoms with Crippen molar-refractivity contribution in [1.82, 2.24) is 14.7 Å². The highest BCUT2D eigenvalue weighted by Crippen LogP contribution is 2.04. The van der Waals surface area contributed by atoms with Gasteiger partial charge in [-0.2, -0.15) is 5.10 Å². The molecule has 0 atom stereocenters. The molecule has 1 aromatic heterocycles. The van der Waals surface area contributed by atoms with E-state index in [0.717, 1.165) is 5.56 Å². The highest BCUT2D eigenvalue weighted by atomic mass is 16.5. The maximum absolute atomic E-state index is 12.1. The Bertz CT molecular complexity index is 492. The lowest BCUT2D eigenvalue weighted by Gasteiger charge is -2.24. The summed E-state index contributed by atoms with van der Waals surface area (Å²) in [5.41, 5.74) is 0.834. The van der Waals surface area contributed by atoms with Gasteiger partial charge in [-0.15, -0.1) is 0 Å². The molecule has 0 aliphatic rings. The predicted molar refractivity (Wildman–Crippen MR) is 75.7 cm³/mol. The normalized spacial score (nSPS) is 11.1. The molecule has 110 valence electrons. The van der Waals surface area contributed by atoms with Crippen LogP contribution in [-0.4, -0.2) is 45.8 Å². The minimum absolute atomic E-state index is 0.0400. The van der Waals surface area contributed by atoms with Crippen LogP contribution in [0.4, 0.5) is 0 Å². The quantitative estimate of drug-likeness (QED) is 0.580. The Balaban J connectivity index is 2.69. The van der Waals surface area contributed by atoms with Crippen molar-refractivity contribution in [3.63, 3.8) is 0 Å². The number of esters is 1. The summed E-state index contributed by atoms with van der Waals surface area (Å²) in [5.74, 6) is -0.624. The predicted octanol–water partition coefficient (Wildman–Crippen LogP) is 1.23. The first kappa shape index (κ1) is 15.9. The third-order valence-electron chi connectivity index (χ3n) is 2.65. The zero-order valence-corrected chi connectivity index (χ0v) is 12.4. The van der Waals surface area contributed by atoms with Gasteiger partial charge in [0, 0.05) is 30.9 Å². The van der Waals surface area contributed by atoms with Crippen LogP contribution in [0.1, 0.15) is 26.3 Å². The fourth-order valence-electron chi connectivity index (χ4n) is 1.65. The topological polar surface area (TPSA) is 64.4 Å². The van der Waals surface area contributed by atoms with Crippen LogP contribution in [0.2, 0.25) is 0 Å². The van der Waals surface area contributed by atoms with Crippen molar-refractivity contribution in [2.45, 2.75) is 26.8 Å². The first-order chi connectivity index (χ1) is 9.43. The number of hydrogen-bond acceptors (Lipinski definition) is 4. The summed E-state index contributed by atoms with van der Waals surface area (Å²) >= 11 is 0. The maximum Gasteiger partial charge on any atom is 0.325 e. The van der Waals surface area contributed by atoms with Gasteiger partial charge in [0.25, 0.3) is 0 Å². The lowest BCUT2D eigenvalue weighted by atomic mass is 10.2. The van der Waals surface area contributed by atoms with Gasteiger partial charge in [0.15, 0.2) is 0 Å². The highest BCUT2D eigenvalue weighted by Gasteiger charge is 2.18. The van der Waals surface area contributed by atoms with E-state index in [1.165, 1.54) is 11.0 Å². The molecule has 0 fully saturated rings. The van der Waals surface area contributed by atoms with E-state index in [-0.39, 0.29) is 18.5 Å². The van der Waals surface area contributed by atoms with Gasteiger partial charge < -0.3 is 9.64 Å². The number of nitrogens with zero attached hydrogens (tertiary/aromatic N) is 3. The van der Waals surface area contributed by atoms with Crippen LogP contribution in [0.3, 0.4) is 0 Å². The molecular formula is C14H21N3O3. The second-order valence-corrected chi connectivity index (χ2v) is 4.65. The molecule has 20 heavy (non-hydrogen) atoms. The minimum Gasteiger partial charge on any atom is -0.465 e. The van der Waals surface area contributed by atoms with Crippen molar-refractivity contribution < 1.29 is 14.3 Å². The molecule has 0 saturated heterocycles. The van der Waals surface area contributed by atoms with Crippen LogP contribution < -0.4 is 0 Å². The fourth-order valence-corrected chi connectivity index (χ4v) is 1.65. The maximum atomic E-state index is 12.1. The summed E-state index contributed by atoms with van der Waals surface area (Å²) in [4.78, 5) is 25.1. The average molecular weight is 279 g/mol. The molecule has 0 bridgehead atoms. The number of ether oxygens (including phenoxy) is 1. The van der Waals surface area contributed by atoms with Gasteiger partial charge >= 0.3 is 5.97 Å². The Hall–Kier alpha value is -2.11. The fraction of sp³-hybridized carbons (Fsp3) is 0.500. The van der Waals surface area contributed by atoms with Crippen LogP contribution in [0, 0.1) is 0 Å². The zero-order chi connectivity index (χ0) is 15.1. The van der Waals surface area contributed by atoms with Gasteiger partial charge in [-0.3, -0.25) is 14.3 Å². The van der Waals surface area contributed by atoms with Crippen molar-refractivity contribution in [2.75, 3.05) is 13.2 Å². The van der Waals surface area contributed by atoms with E-state index in [1.54, 1.807) is 37.1 Å². The highest BCUT2D eigenvalue weighted by molar-refractivity contribution is 5.93. The van der Waals surface area contributed by atoms with E-state index >= 15 is 0 Å². The van der Waals surface area contributed by atoms with Gasteiger partial charge in [0.2, 0.25) is 5.91 Å². The number of aryl methyl sites for hydroxylation is 1. The molecule has 1 heterocycles. The largest absolute Gasteiger partial charge is 0.465 e. The third-order valence-corrected chi connectivity index (χ3v) is 2.65. The molecular weight excluding hydrogens is 258 g/mol. The molecule has 0 aliphatic carbocycles. The summed E-state index contributed by atoms with van der Waals surface area (Å²) in [6.45, 7) is 5.72. The number of rotatable bonds is 6. The molecule has 0 aromatic carbocycles. The SMILES string of the molecule is CCOC(=O)CN(C(=O)/C=C\c1cnn(C)c1)C(C)C. The van der Waals surface area contributed by atoms with Crippen LogP contribution in [0.5, 0.6) is 0 Å². The Morgan fingerprint density at radius 1 is 1.50 bits per heavy atom. The molecule has 1 aromatic rings. The van der Waals surface area contributed by atoms with Gasteiger partial charge in [-0.1, -0.05) is 0 Å². The molecule has 0 unspecified atom stereocenters. The number of aromatic nitrogens is 2. The van der Waals surface area contributed by atoms with Crippen molar-refractivity contribution >= 4 is 18.0 Å². The second kappa shape index (κ2) is 7.47. The summed E-state index contributed by atoms with van der Waals surface area (Å²) in [6, 6.07) is -0.0783. The molecule has 0 radical (unpaired) electrons. The Morgan fingerprint density at radius 2 is 2.20 bits per heavy atom. The van der Waals surface area contributed by atoms with Crippen molar-refractivity contribution in [2.24, 2.45) is 7.05 Å². The average Bonchev–Trinajstić information content (AvgIpc) is 2.79.